The molecule has 6 nitrogen and oxygen atoms in total. The number of furan rings is 1. The van der Waals surface area contributed by atoms with Gasteiger partial charge in [-0.15, -0.1) is 24.0 Å². The molecule has 2 aromatic rings. The summed E-state index contributed by atoms with van der Waals surface area (Å²) in [5.74, 6) is 4.20. The zero-order chi connectivity index (χ0) is 18.6. The summed E-state index contributed by atoms with van der Waals surface area (Å²) in [4.78, 5) is 4.67. The highest BCUT2D eigenvalue weighted by Gasteiger charge is 2.05. The number of guanidine groups is 1. The van der Waals surface area contributed by atoms with Crippen molar-refractivity contribution in [3.05, 3.63) is 47.9 Å². The number of nitrogens with zero attached hydrogens (tertiary/aromatic N) is 1. The number of ether oxygens (including phenoxy) is 2. The Morgan fingerprint density at radius 3 is 2.56 bits per heavy atom. The molecule has 0 fully saturated rings. The normalized spacial score (nSPS) is 10.9. The molecular weight excluding hydrogens is 477 g/mol. The average molecular weight is 505 g/mol. The van der Waals surface area contributed by atoms with Crippen LogP contribution < -0.4 is 20.1 Å². The van der Waals surface area contributed by atoms with E-state index in [-0.39, 0.29) is 24.0 Å². The summed E-state index contributed by atoms with van der Waals surface area (Å²) in [7, 11) is 3.27. The van der Waals surface area contributed by atoms with Crippen LogP contribution in [0.2, 0.25) is 0 Å². The third-order valence-corrected chi connectivity index (χ3v) is 4.32. The Hall–Kier alpha value is -1.55. The largest absolute Gasteiger partial charge is 0.493 e. The van der Waals surface area contributed by atoms with Crippen molar-refractivity contribution in [2.75, 3.05) is 39.3 Å². The second kappa shape index (κ2) is 13.6. The summed E-state index contributed by atoms with van der Waals surface area (Å²) in [6.07, 6.45) is 4.59. The molecule has 150 valence electrons. The lowest BCUT2D eigenvalue weighted by atomic mass is 10.2. The monoisotopic (exact) mass is 505 g/mol. The molecular formula is C19H28IN3O3S. The highest BCUT2D eigenvalue weighted by atomic mass is 127. The lowest BCUT2D eigenvalue weighted by Crippen LogP contribution is -2.39. The Morgan fingerprint density at radius 2 is 1.89 bits per heavy atom. The van der Waals surface area contributed by atoms with E-state index in [2.05, 4.69) is 21.9 Å². The van der Waals surface area contributed by atoms with Gasteiger partial charge in [-0.2, -0.15) is 11.8 Å². The molecule has 0 bridgehead atoms. The van der Waals surface area contributed by atoms with Crippen LogP contribution in [0.3, 0.4) is 0 Å². The van der Waals surface area contributed by atoms with Crippen LogP contribution in [0.1, 0.15) is 11.3 Å². The molecule has 27 heavy (non-hydrogen) atoms. The Balaban J connectivity index is 0.00000364. The fourth-order valence-corrected chi connectivity index (χ4v) is 2.66. The predicted molar refractivity (Wildman–Crippen MR) is 123 cm³/mol. The van der Waals surface area contributed by atoms with Gasteiger partial charge in [0.1, 0.15) is 5.76 Å². The van der Waals surface area contributed by atoms with Gasteiger partial charge >= 0.3 is 0 Å². The minimum absolute atomic E-state index is 0. The van der Waals surface area contributed by atoms with Crippen LogP contribution in [0.4, 0.5) is 0 Å². The molecule has 2 rings (SSSR count). The number of thioether (sulfide) groups is 1. The number of rotatable bonds is 10. The van der Waals surface area contributed by atoms with Gasteiger partial charge in [-0.05, 0) is 36.1 Å². The summed E-state index contributed by atoms with van der Waals surface area (Å²) in [6.45, 7) is 2.17. The maximum absolute atomic E-state index is 5.36. The highest BCUT2D eigenvalue weighted by Crippen LogP contribution is 2.27. The van der Waals surface area contributed by atoms with Gasteiger partial charge in [0.2, 0.25) is 0 Å². The van der Waals surface area contributed by atoms with Crippen LogP contribution in [0.5, 0.6) is 11.5 Å². The average Bonchev–Trinajstić information content (AvgIpc) is 3.19. The fourth-order valence-electron chi connectivity index (χ4n) is 2.35. The third-order valence-electron chi connectivity index (χ3n) is 3.71. The van der Waals surface area contributed by atoms with E-state index in [4.69, 9.17) is 13.9 Å². The first-order valence-corrected chi connectivity index (χ1v) is 9.90. The number of nitrogens with one attached hydrogen (secondary N) is 2. The number of hydrogen-bond acceptors (Lipinski definition) is 5. The molecule has 0 aliphatic rings. The van der Waals surface area contributed by atoms with Crippen molar-refractivity contribution in [1.29, 1.82) is 0 Å². The minimum Gasteiger partial charge on any atom is -0.493 e. The molecule has 0 amide bonds. The predicted octanol–water partition coefficient (Wildman–Crippen LogP) is 3.56. The van der Waals surface area contributed by atoms with Crippen LogP contribution in [0, 0.1) is 0 Å². The quantitative estimate of drug-likeness (QED) is 0.223. The van der Waals surface area contributed by atoms with E-state index in [1.165, 1.54) is 0 Å². The van der Waals surface area contributed by atoms with Crippen LogP contribution in [0.25, 0.3) is 0 Å². The lowest BCUT2D eigenvalue weighted by Gasteiger charge is -2.12. The van der Waals surface area contributed by atoms with Gasteiger partial charge in [-0.25, -0.2) is 4.99 Å². The van der Waals surface area contributed by atoms with Gasteiger partial charge < -0.3 is 24.5 Å². The van der Waals surface area contributed by atoms with Gasteiger partial charge in [0.05, 0.1) is 27.0 Å². The summed E-state index contributed by atoms with van der Waals surface area (Å²) >= 11 is 1.80. The molecule has 8 heteroatoms. The summed E-state index contributed by atoms with van der Waals surface area (Å²) in [5, 5.41) is 6.71. The number of aliphatic imine (C=N–C) groups is 1. The number of halogens is 1. The van der Waals surface area contributed by atoms with Crippen molar-refractivity contribution < 1.29 is 13.9 Å². The molecule has 0 atom stereocenters. The molecule has 1 aromatic heterocycles. The van der Waals surface area contributed by atoms with E-state index >= 15 is 0 Å². The fraction of sp³-hybridized carbons (Fsp3) is 0.421. The zero-order valence-electron chi connectivity index (χ0n) is 16.0. The van der Waals surface area contributed by atoms with Crippen molar-refractivity contribution in [1.82, 2.24) is 10.6 Å². The smallest absolute Gasteiger partial charge is 0.191 e. The highest BCUT2D eigenvalue weighted by molar-refractivity contribution is 14.0. The van der Waals surface area contributed by atoms with E-state index in [9.17, 15) is 0 Å². The minimum atomic E-state index is 0. The SMILES string of the molecule is COc1ccc(CN=C(NCCSC)NCCc2ccco2)cc1OC.I. The molecule has 0 spiro atoms. The van der Waals surface area contributed by atoms with E-state index in [1.54, 1.807) is 32.2 Å². The molecule has 0 aliphatic heterocycles. The second-order valence-corrected chi connectivity index (χ2v) is 6.52. The second-order valence-electron chi connectivity index (χ2n) is 5.53. The van der Waals surface area contributed by atoms with Gasteiger partial charge in [-0.3, -0.25) is 0 Å². The molecule has 0 saturated carbocycles. The van der Waals surface area contributed by atoms with Crippen molar-refractivity contribution in [2.24, 2.45) is 4.99 Å². The summed E-state index contributed by atoms with van der Waals surface area (Å²) < 4.78 is 16.0. The van der Waals surface area contributed by atoms with Crippen molar-refractivity contribution >= 4 is 41.7 Å². The Morgan fingerprint density at radius 1 is 1.11 bits per heavy atom. The molecule has 0 radical (unpaired) electrons. The molecule has 1 heterocycles. The molecule has 0 unspecified atom stereocenters. The van der Waals surface area contributed by atoms with Crippen LogP contribution in [-0.4, -0.2) is 45.3 Å². The Labute approximate surface area is 182 Å². The van der Waals surface area contributed by atoms with Crippen LogP contribution in [0.15, 0.2) is 46.0 Å². The zero-order valence-corrected chi connectivity index (χ0v) is 19.1. The van der Waals surface area contributed by atoms with Crippen LogP contribution >= 0.6 is 35.7 Å². The molecule has 1 aromatic carbocycles. The van der Waals surface area contributed by atoms with Crippen LogP contribution in [-0.2, 0) is 13.0 Å². The summed E-state index contributed by atoms with van der Waals surface area (Å²) in [6, 6.07) is 9.72. The van der Waals surface area contributed by atoms with Crippen molar-refractivity contribution in [3.63, 3.8) is 0 Å². The van der Waals surface area contributed by atoms with E-state index < -0.39 is 0 Å². The Kier molecular flexibility index (Phi) is 11.8. The summed E-state index contributed by atoms with van der Waals surface area (Å²) in [5.41, 5.74) is 1.06. The van der Waals surface area contributed by atoms with Crippen molar-refractivity contribution in [2.45, 2.75) is 13.0 Å². The van der Waals surface area contributed by atoms with Gasteiger partial charge in [0.25, 0.3) is 0 Å². The first kappa shape index (κ1) is 23.5. The van der Waals surface area contributed by atoms with Crippen molar-refractivity contribution in [3.8, 4) is 11.5 Å². The van der Waals surface area contributed by atoms with E-state index in [0.29, 0.717) is 12.3 Å². The maximum atomic E-state index is 5.36. The first-order chi connectivity index (χ1) is 12.8. The van der Waals surface area contributed by atoms with Gasteiger partial charge in [0.15, 0.2) is 17.5 Å². The Bertz CT molecular complexity index is 681. The number of hydrogen-bond donors (Lipinski definition) is 2. The number of methoxy groups -OCH3 is 2. The van der Waals surface area contributed by atoms with E-state index in [1.807, 2.05) is 30.3 Å². The first-order valence-electron chi connectivity index (χ1n) is 8.51. The van der Waals surface area contributed by atoms with Gasteiger partial charge in [-0.1, -0.05) is 6.07 Å². The molecule has 0 aliphatic carbocycles. The number of benzene rings is 1. The third kappa shape index (κ3) is 8.34. The van der Waals surface area contributed by atoms with E-state index in [0.717, 1.165) is 48.3 Å². The molecule has 2 N–H and O–H groups in total. The molecule has 0 saturated heterocycles. The maximum Gasteiger partial charge on any atom is 0.191 e. The standard InChI is InChI=1S/C19H27N3O3S.HI/c1-23-17-7-6-15(13-18(17)24-2)14-22-19(21-10-12-26-3)20-9-8-16-5-4-11-25-16;/h4-7,11,13H,8-10,12,14H2,1-3H3,(H2,20,21,22);1H. The van der Waals surface area contributed by atoms with Gasteiger partial charge in [0, 0.05) is 25.3 Å². The lowest BCUT2D eigenvalue weighted by molar-refractivity contribution is 0.354. The topological polar surface area (TPSA) is 68.0 Å².